The van der Waals surface area contributed by atoms with Gasteiger partial charge in [-0.1, -0.05) is 13.8 Å². The van der Waals surface area contributed by atoms with Crippen LogP contribution in [0.5, 0.6) is 0 Å². The highest BCUT2D eigenvalue weighted by atomic mass is 15.1. The van der Waals surface area contributed by atoms with Gasteiger partial charge < -0.3 is 10.3 Å². The van der Waals surface area contributed by atoms with Crippen LogP contribution >= 0.6 is 0 Å². The summed E-state index contributed by atoms with van der Waals surface area (Å²) in [5.41, 5.74) is 8.95. The minimum Gasteiger partial charge on any atom is -0.330 e. The second-order valence-corrected chi connectivity index (χ2v) is 5.72. The van der Waals surface area contributed by atoms with Crippen LogP contribution in [0.15, 0.2) is 0 Å². The minimum atomic E-state index is 0.320. The van der Waals surface area contributed by atoms with Crippen LogP contribution in [0.25, 0.3) is 0 Å². The molecule has 1 aliphatic heterocycles. The van der Waals surface area contributed by atoms with Gasteiger partial charge in [0.15, 0.2) is 0 Å². The molecule has 1 aromatic rings. The number of imidazole rings is 1. The van der Waals surface area contributed by atoms with Crippen LogP contribution in [0, 0.1) is 5.92 Å². The van der Waals surface area contributed by atoms with Gasteiger partial charge in [-0.3, -0.25) is 0 Å². The summed E-state index contributed by atoms with van der Waals surface area (Å²) >= 11 is 0. The van der Waals surface area contributed by atoms with Gasteiger partial charge in [-0.15, -0.1) is 0 Å². The molecule has 16 heavy (non-hydrogen) atoms. The number of rotatable bonds is 0. The predicted molar refractivity (Wildman–Crippen MR) is 64.4 cm³/mol. The highest BCUT2D eigenvalue weighted by Crippen LogP contribution is 2.32. The molecule has 2 aliphatic rings. The lowest BCUT2D eigenvalue weighted by Gasteiger charge is -2.27. The van der Waals surface area contributed by atoms with Crippen molar-refractivity contribution in [2.75, 3.05) is 0 Å². The smallest absolute Gasteiger partial charge is 0.112 e. The van der Waals surface area contributed by atoms with Gasteiger partial charge in [-0.05, 0) is 31.6 Å². The molecule has 1 aromatic heterocycles. The van der Waals surface area contributed by atoms with E-state index in [0.29, 0.717) is 12.0 Å². The fourth-order valence-corrected chi connectivity index (χ4v) is 3.26. The van der Waals surface area contributed by atoms with E-state index in [9.17, 15) is 0 Å². The van der Waals surface area contributed by atoms with E-state index in [1.54, 1.807) is 0 Å². The first-order valence-corrected chi connectivity index (χ1v) is 6.49. The lowest BCUT2D eigenvalue weighted by Crippen LogP contribution is -2.34. The number of fused-ring (bicyclic) bond motifs is 3. The first-order chi connectivity index (χ1) is 7.65. The van der Waals surface area contributed by atoms with Gasteiger partial charge in [0.2, 0.25) is 0 Å². The number of aromatic nitrogens is 2. The molecule has 0 saturated carbocycles. The standard InChI is InChI=1S/C13H21N3/c1-8-3-4-12-11(5-8)15-13-9(2)6-10(14)7-16(12)13/h8-10H,3-7,14H2,1-2H3. The summed E-state index contributed by atoms with van der Waals surface area (Å²) in [4.78, 5) is 4.86. The molecular formula is C13H21N3. The van der Waals surface area contributed by atoms with Gasteiger partial charge in [0.25, 0.3) is 0 Å². The Hall–Kier alpha value is -0.830. The fourth-order valence-electron chi connectivity index (χ4n) is 3.26. The number of hydrogen-bond acceptors (Lipinski definition) is 2. The summed E-state index contributed by atoms with van der Waals surface area (Å²) < 4.78 is 2.42. The van der Waals surface area contributed by atoms with Gasteiger partial charge in [0.1, 0.15) is 5.82 Å². The Balaban J connectivity index is 2.04. The molecule has 0 aromatic carbocycles. The quantitative estimate of drug-likeness (QED) is 0.723. The molecule has 2 heterocycles. The zero-order chi connectivity index (χ0) is 11.3. The van der Waals surface area contributed by atoms with Gasteiger partial charge in [0, 0.05) is 24.2 Å². The zero-order valence-electron chi connectivity index (χ0n) is 10.2. The van der Waals surface area contributed by atoms with Crippen LogP contribution in [0.4, 0.5) is 0 Å². The van der Waals surface area contributed by atoms with Crippen LogP contribution < -0.4 is 5.73 Å². The van der Waals surface area contributed by atoms with E-state index in [1.807, 2.05) is 0 Å². The number of hydrogen-bond donors (Lipinski definition) is 1. The van der Waals surface area contributed by atoms with E-state index in [1.165, 1.54) is 30.1 Å². The Morgan fingerprint density at radius 3 is 3.00 bits per heavy atom. The second kappa shape index (κ2) is 3.59. The lowest BCUT2D eigenvalue weighted by molar-refractivity contribution is 0.394. The molecule has 3 heteroatoms. The van der Waals surface area contributed by atoms with Crippen LogP contribution in [-0.2, 0) is 19.4 Å². The highest BCUT2D eigenvalue weighted by Gasteiger charge is 2.29. The molecule has 0 bridgehead atoms. The Morgan fingerprint density at radius 2 is 2.19 bits per heavy atom. The molecular weight excluding hydrogens is 198 g/mol. The van der Waals surface area contributed by atoms with Gasteiger partial charge in [0.05, 0.1) is 5.69 Å². The maximum absolute atomic E-state index is 6.11. The normalized spacial score (nSPS) is 33.3. The molecule has 0 fully saturated rings. The van der Waals surface area contributed by atoms with Crippen molar-refractivity contribution in [1.82, 2.24) is 9.55 Å². The van der Waals surface area contributed by atoms with E-state index < -0.39 is 0 Å². The molecule has 0 saturated heterocycles. The van der Waals surface area contributed by atoms with E-state index >= 15 is 0 Å². The zero-order valence-corrected chi connectivity index (χ0v) is 10.2. The third-order valence-electron chi connectivity index (χ3n) is 4.11. The van der Waals surface area contributed by atoms with Gasteiger partial charge in [-0.2, -0.15) is 0 Å². The van der Waals surface area contributed by atoms with Crippen LogP contribution in [0.3, 0.4) is 0 Å². The van der Waals surface area contributed by atoms with Crippen LogP contribution in [-0.4, -0.2) is 15.6 Å². The van der Waals surface area contributed by atoms with Crippen molar-refractivity contribution in [2.45, 2.75) is 58.0 Å². The molecule has 2 N–H and O–H groups in total. The predicted octanol–water partition coefficient (Wildman–Crippen LogP) is 1.84. The maximum Gasteiger partial charge on any atom is 0.112 e. The summed E-state index contributed by atoms with van der Waals surface area (Å²) in [5.74, 6) is 2.62. The lowest BCUT2D eigenvalue weighted by atomic mass is 9.91. The molecule has 88 valence electrons. The topological polar surface area (TPSA) is 43.8 Å². The molecule has 0 amide bonds. The van der Waals surface area contributed by atoms with Crippen molar-refractivity contribution in [3.05, 3.63) is 17.2 Å². The molecule has 0 spiro atoms. The molecule has 0 radical (unpaired) electrons. The minimum absolute atomic E-state index is 0.320. The maximum atomic E-state index is 6.11. The molecule has 3 atom stereocenters. The van der Waals surface area contributed by atoms with Crippen LogP contribution in [0.2, 0.25) is 0 Å². The average molecular weight is 219 g/mol. The van der Waals surface area contributed by atoms with E-state index in [4.69, 9.17) is 10.7 Å². The summed E-state index contributed by atoms with van der Waals surface area (Å²) in [5, 5.41) is 0. The summed E-state index contributed by atoms with van der Waals surface area (Å²) in [6.07, 6.45) is 4.76. The molecule has 1 aliphatic carbocycles. The van der Waals surface area contributed by atoms with E-state index in [0.717, 1.165) is 25.3 Å². The van der Waals surface area contributed by atoms with Crippen molar-refractivity contribution in [3.63, 3.8) is 0 Å². The van der Waals surface area contributed by atoms with Crippen molar-refractivity contribution >= 4 is 0 Å². The van der Waals surface area contributed by atoms with Crippen molar-refractivity contribution < 1.29 is 0 Å². The van der Waals surface area contributed by atoms with Crippen molar-refractivity contribution in [3.8, 4) is 0 Å². The first kappa shape index (κ1) is 10.3. The van der Waals surface area contributed by atoms with E-state index in [2.05, 4.69) is 18.4 Å². The second-order valence-electron chi connectivity index (χ2n) is 5.72. The summed E-state index contributed by atoms with van der Waals surface area (Å²) in [6.45, 7) is 5.57. The molecule has 3 unspecified atom stereocenters. The van der Waals surface area contributed by atoms with Gasteiger partial charge >= 0.3 is 0 Å². The summed E-state index contributed by atoms with van der Waals surface area (Å²) in [7, 11) is 0. The molecule has 3 nitrogen and oxygen atoms in total. The highest BCUT2D eigenvalue weighted by molar-refractivity contribution is 5.24. The SMILES string of the molecule is CC1CCc2c(nc3n2CC(N)CC3C)C1. The largest absolute Gasteiger partial charge is 0.330 e. The first-order valence-electron chi connectivity index (χ1n) is 6.49. The third kappa shape index (κ3) is 1.49. The van der Waals surface area contributed by atoms with Crippen LogP contribution in [0.1, 0.15) is 49.8 Å². The van der Waals surface area contributed by atoms with Gasteiger partial charge in [-0.25, -0.2) is 4.98 Å². The average Bonchev–Trinajstić information content (AvgIpc) is 2.56. The Labute approximate surface area is 97.0 Å². The van der Waals surface area contributed by atoms with Crippen molar-refractivity contribution in [2.24, 2.45) is 11.7 Å². The van der Waals surface area contributed by atoms with E-state index in [-0.39, 0.29) is 0 Å². The monoisotopic (exact) mass is 219 g/mol. The number of nitrogens with two attached hydrogens (primary N) is 1. The Bertz CT molecular complexity index is 408. The van der Waals surface area contributed by atoms with Crippen molar-refractivity contribution in [1.29, 1.82) is 0 Å². The number of nitrogens with zero attached hydrogens (tertiary/aromatic N) is 2. The Morgan fingerprint density at radius 1 is 1.38 bits per heavy atom. The fraction of sp³-hybridized carbons (Fsp3) is 0.769. The third-order valence-corrected chi connectivity index (χ3v) is 4.11. The summed E-state index contributed by atoms with van der Waals surface area (Å²) in [6, 6.07) is 0.320. The molecule has 3 rings (SSSR count). The Kier molecular flexibility index (Phi) is 2.32.